The van der Waals surface area contributed by atoms with E-state index in [-0.39, 0.29) is 16.9 Å². The first-order chi connectivity index (χ1) is 20.7. The number of benzene rings is 1. The Kier molecular flexibility index (Phi) is 6.99. The number of aryl methyl sites for hydroxylation is 3. The molecule has 5 aromatic heterocycles. The van der Waals surface area contributed by atoms with Crippen molar-refractivity contribution in [1.29, 1.82) is 0 Å². The Balaban J connectivity index is 1.42. The summed E-state index contributed by atoms with van der Waals surface area (Å²) in [6.45, 7) is 5.97. The third-order valence-electron chi connectivity index (χ3n) is 7.57. The number of carbonyl (C=O) groups is 1. The fourth-order valence-electron chi connectivity index (χ4n) is 5.12. The van der Waals surface area contributed by atoms with Crippen molar-refractivity contribution >= 4 is 28.1 Å². The normalized spacial score (nSPS) is 11.9. The van der Waals surface area contributed by atoms with Gasteiger partial charge in [-0.15, -0.1) is 5.10 Å². The van der Waals surface area contributed by atoms with Crippen molar-refractivity contribution in [1.82, 2.24) is 44.2 Å². The van der Waals surface area contributed by atoms with Gasteiger partial charge in [-0.25, -0.2) is 14.5 Å². The van der Waals surface area contributed by atoms with Gasteiger partial charge in [0.25, 0.3) is 11.5 Å². The van der Waals surface area contributed by atoms with Crippen LogP contribution in [0.4, 0.5) is 5.82 Å². The summed E-state index contributed by atoms with van der Waals surface area (Å²) < 4.78 is 4.93. The topological polar surface area (TPSA) is 154 Å². The van der Waals surface area contributed by atoms with E-state index in [4.69, 9.17) is 5.73 Å². The first kappa shape index (κ1) is 27.5. The molecule has 0 unspecified atom stereocenters. The highest BCUT2D eigenvalue weighted by atomic mass is 16.2. The SMILES string of the molecule is Cc1ccn2nc(N)c(C(=O)N[C@@H](C)c3cc4cccc(C#Cc5cnn(C)c5C)c4c(=O)n3CCc3cnc[nH]3)c2n1. The lowest BCUT2D eigenvalue weighted by Gasteiger charge is -2.21. The van der Waals surface area contributed by atoms with Crippen LogP contribution in [-0.4, -0.2) is 44.8 Å². The number of H-pyrrole nitrogens is 1. The van der Waals surface area contributed by atoms with Crippen LogP contribution in [0.2, 0.25) is 0 Å². The molecule has 0 spiro atoms. The van der Waals surface area contributed by atoms with Gasteiger partial charge in [-0.05, 0) is 44.4 Å². The number of hydrogen-bond acceptors (Lipinski definition) is 7. The van der Waals surface area contributed by atoms with Gasteiger partial charge in [-0.1, -0.05) is 24.0 Å². The average Bonchev–Trinajstić information content (AvgIpc) is 3.70. The van der Waals surface area contributed by atoms with E-state index in [2.05, 4.69) is 42.3 Å². The molecular formula is C31H30N10O2. The first-order valence-corrected chi connectivity index (χ1v) is 13.8. The number of pyridine rings is 1. The maximum atomic E-state index is 14.2. The van der Waals surface area contributed by atoms with E-state index >= 15 is 0 Å². The Morgan fingerprint density at radius 3 is 2.72 bits per heavy atom. The molecule has 12 nitrogen and oxygen atoms in total. The standard InChI is InChI=1S/C31H30N10O2/c1-18-10-13-41-29(36-18)27(28(32)38-41)30(42)37-19(2)25-14-22-7-5-6-21(8-9-23-15-35-39(4)20(23)3)26(22)31(43)40(25)12-11-24-16-33-17-34-24/h5-7,10,13-17,19H,11-12H2,1-4H3,(H2,32,38)(H,33,34)(H,37,42)/t19-/m0/s1. The number of nitrogens with one attached hydrogen (secondary N) is 2. The van der Waals surface area contributed by atoms with Gasteiger partial charge in [0.15, 0.2) is 11.5 Å². The lowest BCUT2D eigenvalue weighted by molar-refractivity contribution is 0.0940. The molecule has 0 aliphatic rings. The van der Waals surface area contributed by atoms with Gasteiger partial charge in [0.1, 0.15) is 5.56 Å². The molecule has 12 heteroatoms. The van der Waals surface area contributed by atoms with Crippen molar-refractivity contribution in [2.24, 2.45) is 7.05 Å². The molecule has 4 N–H and O–H groups in total. The van der Waals surface area contributed by atoms with E-state index in [1.165, 1.54) is 4.52 Å². The molecule has 1 amide bonds. The molecular weight excluding hydrogens is 544 g/mol. The Morgan fingerprint density at radius 1 is 1.16 bits per heavy atom. The molecule has 6 aromatic rings. The molecule has 0 saturated heterocycles. The second-order valence-electron chi connectivity index (χ2n) is 10.4. The fraction of sp³-hybridized carbons (Fsp3) is 0.226. The molecule has 5 heterocycles. The molecule has 0 radical (unpaired) electrons. The van der Waals surface area contributed by atoms with Crippen LogP contribution in [0.25, 0.3) is 16.4 Å². The van der Waals surface area contributed by atoms with Crippen LogP contribution in [-0.2, 0) is 20.0 Å². The summed E-state index contributed by atoms with van der Waals surface area (Å²) in [6.07, 6.45) is 7.29. The van der Waals surface area contributed by atoms with E-state index in [0.29, 0.717) is 35.3 Å². The first-order valence-electron chi connectivity index (χ1n) is 13.8. The monoisotopic (exact) mass is 574 g/mol. The fourth-order valence-corrected chi connectivity index (χ4v) is 5.12. The third kappa shape index (κ3) is 5.12. The van der Waals surface area contributed by atoms with Crippen LogP contribution in [0.3, 0.4) is 0 Å². The number of nitrogen functional groups attached to an aromatic ring is 1. The summed E-state index contributed by atoms with van der Waals surface area (Å²) in [6, 6.07) is 8.75. The highest BCUT2D eigenvalue weighted by Crippen LogP contribution is 2.23. The number of imidazole rings is 1. The molecule has 1 aromatic carbocycles. The van der Waals surface area contributed by atoms with Gasteiger partial charge in [0.2, 0.25) is 0 Å². The van der Waals surface area contributed by atoms with Crippen LogP contribution in [0.15, 0.2) is 60.0 Å². The predicted octanol–water partition coefficient (Wildman–Crippen LogP) is 2.83. The van der Waals surface area contributed by atoms with Crippen molar-refractivity contribution in [2.45, 2.75) is 39.8 Å². The molecule has 0 saturated carbocycles. The number of nitrogens with zero attached hydrogens (tertiary/aromatic N) is 7. The summed E-state index contributed by atoms with van der Waals surface area (Å²) in [7, 11) is 1.86. The van der Waals surface area contributed by atoms with E-state index < -0.39 is 11.9 Å². The van der Waals surface area contributed by atoms with E-state index in [1.54, 1.807) is 40.2 Å². The lowest BCUT2D eigenvalue weighted by Crippen LogP contribution is -2.33. The minimum Gasteiger partial charge on any atom is -0.381 e. The predicted molar refractivity (Wildman–Crippen MR) is 162 cm³/mol. The highest BCUT2D eigenvalue weighted by molar-refractivity contribution is 6.04. The van der Waals surface area contributed by atoms with E-state index in [9.17, 15) is 9.59 Å². The number of aromatic amines is 1. The molecule has 1 atom stereocenters. The maximum Gasteiger partial charge on any atom is 0.259 e. The van der Waals surface area contributed by atoms with Crippen molar-refractivity contribution < 1.29 is 4.79 Å². The van der Waals surface area contributed by atoms with E-state index in [1.807, 2.05) is 52.1 Å². The van der Waals surface area contributed by atoms with Crippen LogP contribution < -0.4 is 16.6 Å². The largest absolute Gasteiger partial charge is 0.381 e. The van der Waals surface area contributed by atoms with Crippen LogP contribution in [0.5, 0.6) is 0 Å². The van der Waals surface area contributed by atoms with Gasteiger partial charge in [-0.3, -0.25) is 14.3 Å². The van der Waals surface area contributed by atoms with Gasteiger partial charge in [-0.2, -0.15) is 5.10 Å². The number of amides is 1. The minimum atomic E-state index is -0.557. The second-order valence-corrected chi connectivity index (χ2v) is 10.4. The smallest absolute Gasteiger partial charge is 0.259 e. The number of nitrogens with two attached hydrogens (primary N) is 1. The zero-order valence-corrected chi connectivity index (χ0v) is 24.2. The van der Waals surface area contributed by atoms with Gasteiger partial charge in [0.05, 0.1) is 35.2 Å². The minimum absolute atomic E-state index is 0.0741. The van der Waals surface area contributed by atoms with Gasteiger partial charge in [0, 0.05) is 55.1 Å². The number of fused-ring (bicyclic) bond motifs is 2. The zero-order chi connectivity index (χ0) is 30.2. The Bertz CT molecular complexity index is 2120. The summed E-state index contributed by atoms with van der Waals surface area (Å²) in [4.78, 5) is 39.4. The quantitative estimate of drug-likeness (QED) is 0.259. The number of anilines is 1. The van der Waals surface area contributed by atoms with Crippen molar-refractivity contribution in [3.8, 4) is 11.8 Å². The summed E-state index contributed by atoms with van der Waals surface area (Å²) >= 11 is 0. The second kappa shape index (κ2) is 10.9. The third-order valence-corrected chi connectivity index (χ3v) is 7.57. The van der Waals surface area contributed by atoms with E-state index in [0.717, 1.165) is 28.0 Å². The molecule has 216 valence electrons. The van der Waals surface area contributed by atoms with Crippen LogP contribution >= 0.6 is 0 Å². The highest BCUT2D eigenvalue weighted by Gasteiger charge is 2.24. The lowest BCUT2D eigenvalue weighted by atomic mass is 10.0. The Morgan fingerprint density at radius 2 is 1.98 bits per heavy atom. The number of hydrogen-bond donors (Lipinski definition) is 3. The van der Waals surface area contributed by atoms with Crippen LogP contribution in [0.1, 0.15) is 57.2 Å². The summed E-state index contributed by atoms with van der Waals surface area (Å²) in [5.41, 5.74) is 11.1. The van der Waals surface area contributed by atoms with Crippen molar-refractivity contribution in [2.75, 3.05) is 5.73 Å². The molecule has 6 rings (SSSR count). The summed E-state index contributed by atoms with van der Waals surface area (Å²) in [5, 5.41) is 12.7. The maximum absolute atomic E-state index is 14.2. The Hall–Kier alpha value is -5.70. The molecule has 0 fully saturated rings. The number of aromatic nitrogens is 8. The van der Waals surface area contributed by atoms with Gasteiger partial charge >= 0.3 is 0 Å². The molecule has 43 heavy (non-hydrogen) atoms. The number of rotatable bonds is 6. The zero-order valence-electron chi connectivity index (χ0n) is 24.2. The van der Waals surface area contributed by atoms with Crippen LogP contribution in [0, 0.1) is 25.7 Å². The number of carbonyl (C=O) groups excluding carboxylic acids is 1. The van der Waals surface area contributed by atoms with Gasteiger partial charge < -0.3 is 20.6 Å². The molecule has 0 aliphatic carbocycles. The van der Waals surface area contributed by atoms with Crippen molar-refractivity contribution in [3.63, 3.8) is 0 Å². The Labute approximate surface area is 246 Å². The molecule has 0 bridgehead atoms. The van der Waals surface area contributed by atoms with Crippen molar-refractivity contribution in [3.05, 3.63) is 105 Å². The average molecular weight is 575 g/mol. The summed E-state index contributed by atoms with van der Waals surface area (Å²) in [5.74, 6) is 6.00. The molecule has 0 aliphatic heterocycles.